The molecule has 3 rings (SSSR count). The Morgan fingerprint density at radius 1 is 1.15 bits per heavy atom. The first-order valence-corrected chi connectivity index (χ1v) is 12.2. The van der Waals surface area contributed by atoms with Crippen LogP contribution in [0.15, 0.2) is 47.6 Å². The Morgan fingerprint density at radius 2 is 1.91 bits per heavy atom. The van der Waals surface area contributed by atoms with Gasteiger partial charge in [0.05, 0.1) is 22.4 Å². The number of aryl methyl sites for hydroxylation is 1. The molecule has 0 saturated heterocycles. The van der Waals surface area contributed by atoms with Crippen LogP contribution in [0.25, 0.3) is 0 Å². The number of halogens is 2. The van der Waals surface area contributed by atoms with Crippen LogP contribution in [-0.2, 0) is 11.2 Å². The van der Waals surface area contributed by atoms with Gasteiger partial charge in [0.25, 0.3) is 5.91 Å². The molecule has 0 aliphatic rings. The fourth-order valence-electron chi connectivity index (χ4n) is 3.17. The van der Waals surface area contributed by atoms with Gasteiger partial charge in [0.2, 0.25) is 11.1 Å². The van der Waals surface area contributed by atoms with E-state index < -0.39 is 6.04 Å². The van der Waals surface area contributed by atoms with Crippen LogP contribution in [0.2, 0.25) is 10.0 Å². The van der Waals surface area contributed by atoms with Gasteiger partial charge in [-0.25, -0.2) is 4.98 Å². The Morgan fingerprint density at radius 3 is 2.61 bits per heavy atom. The zero-order valence-electron chi connectivity index (χ0n) is 18.5. The van der Waals surface area contributed by atoms with Crippen molar-refractivity contribution in [3.8, 4) is 0 Å². The molecule has 1 heterocycles. The predicted molar refractivity (Wildman–Crippen MR) is 133 cm³/mol. The molecular formula is C23H25Cl2N5O2S. The summed E-state index contributed by atoms with van der Waals surface area (Å²) in [5.74, 6) is 0.213. The molecule has 1 aromatic heterocycles. The number of hydrogen-bond acceptors (Lipinski definition) is 5. The second-order valence-electron chi connectivity index (χ2n) is 7.67. The summed E-state index contributed by atoms with van der Waals surface area (Å²) >= 11 is 13.3. The van der Waals surface area contributed by atoms with Crippen molar-refractivity contribution in [2.45, 2.75) is 38.4 Å². The number of hydrogen-bond donors (Lipinski definition) is 3. The van der Waals surface area contributed by atoms with Crippen LogP contribution >= 0.6 is 35.0 Å². The van der Waals surface area contributed by atoms with Crippen molar-refractivity contribution in [1.29, 1.82) is 0 Å². The highest BCUT2D eigenvalue weighted by Gasteiger charge is 2.24. The summed E-state index contributed by atoms with van der Waals surface area (Å²) < 4.78 is 0. The Hall–Kier alpha value is -2.55. The Bertz CT molecular complexity index is 1140. The lowest BCUT2D eigenvalue weighted by Crippen LogP contribution is -2.32. The highest BCUT2D eigenvalue weighted by molar-refractivity contribution is 7.99. The molecule has 2 amide bonds. The highest BCUT2D eigenvalue weighted by Crippen LogP contribution is 2.25. The molecule has 174 valence electrons. The van der Waals surface area contributed by atoms with E-state index in [2.05, 4.69) is 25.8 Å². The first-order chi connectivity index (χ1) is 15.8. The second-order valence-corrected chi connectivity index (χ2v) is 9.46. The molecule has 0 aliphatic carbocycles. The molecule has 3 aromatic rings. The van der Waals surface area contributed by atoms with Gasteiger partial charge in [0.15, 0.2) is 0 Å². The number of amides is 2. The smallest absolute Gasteiger partial charge is 0.253 e. The number of carbonyl (C=O) groups excluding carboxylic acids is 2. The van der Waals surface area contributed by atoms with Gasteiger partial charge >= 0.3 is 0 Å². The van der Waals surface area contributed by atoms with Crippen molar-refractivity contribution in [3.63, 3.8) is 0 Å². The SMILES string of the molecule is CCc1ccccc1NC(=O)CSc1n[nH]c([C@H](NC(=O)c2ccc(Cl)cc2Cl)C(C)C)n1. The number of para-hydroxylation sites is 1. The average molecular weight is 506 g/mol. The normalized spacial score (nSPS) is 11.9. The molecule has 0 bridgehead atoms. The van der Waals surface area contributed by atoms with Crippen LogP contribution in [0.4, 0.5) is 5.69 Å². The van der Waals surface area contributed by atoms with Gasteiger partial charge in [0, 0.05) is 10.7 Å². The Balaban J connectivity index is 1.63. The first-order valence-electron chi connectivity index (χ1n) is 10.5. The van der Waals surface area contributed by atoms with E-state index in [1.54, 1.807) is 12.1 Å². The molecule has 0 unspecified atom stereocenters. The topological polar surface area (TPSA) is 99.8 Å². The average Bonchev–Trinajstić information content (AvgIpc) is 3.24. The van der Waals surface area contributed by atoms with Crippen LogP contribution in [0.3, 0.4) is 0 Å². The number of anilines is 1. The van der Waals surface area contributed by atoms with Gasteiger partial charge in [-0.3, -0.25) is 14.7 Å². The van der Waals surface area contributed by atoms with Crippen molar-refractivity contribution < 1.29 is 9.59 Å². The fraction of sp³-hybridized carbons (Fsp3) is 0.304. The maximum Gasteiger partial charge on any atom is 0.253 e. The van der Waals surface area contributed by atoms with Crippen LogP contribution < -0.4 is 10.6 Å². The number of nitrogens with one attached hydrogen (secondary N) is 3. The molecule has 10 heteroatoms. The van der Waals surface area contributed by atoms with E-state index in [9.17, 15) is 9.59 Å². The minimum atomic E-state index is -0.420. The first kappa shape index (κ1) is 25.1. The van der Waals surface area contributed by atoms with E-state index in [0.29, 0.717) is 21.6 Å². The van der Waals surface area contributed by atoms with E-state index in [-0.39, 0.29) is 28.5 Å². The third-order valence-electron chi connectivity index (χ3n) is 4.91. The summed E-state index contributed by atoms with van der Waals surface area (Å²) in [6.45, 7) is 5.96. The number of thioether (sulfide) groups is 1. The standard InChI is InChI=1S/C23H25Cl2N5O2S/c1-4-14-7-5-6-8-18(14)26-19(31)12-33-23-28-21(29-30-23)20(13(2)3)27-22(32)16-10-9-15(24)11-17(16)25/h5-11,13,20H,4,12H2,1-3H3,(H,26,31)(H,27,32)(H,28,29,30)/t20-/m1/s1. The lowest BCUT2D eigenvalue weighted by Gasteiger charge is -2.20. The van der Waals surface area contributed by atoms with Crippen molar-refractivity contribution in [3.05, 3.63) is 69.5 Å². The highest BCUT2D eigenvalue weighted by atomic mass is 35.5. The van der Waals surface area contributed by atoms with Gasteiger partial charge in [-0.2, -0.15) is 0 Å². The van der Waals surface area contributed by atoms with Gasteiger partial charge in [-0.1, -0.05) is 73.9 Å². The van der Waals surface area contributed by atoms with Gasteiger partial charge in [-0.15, -0.1) is 5.10 Å². The molecule has 33 heavy (non-hydrogen) atoms. The molecule has 7 nitrogen and oxygen atoms in total. The summed E-state index contributed by atoms with van der Waals surface area (Å²) in [4.78, 5) is 29.6. The van der Waals surface area contributed by atoms with Gasteiger partial charge in [0.1, 0.15) is 5.82 Å². The number of aromatic amines is 1. The molecule has 0 fully saturated rings. The Kier molecular flexibility index (Phi) is 8.77. The van der Waals surface area contributed by atoms with Gasteiger partial charge in [-0.05, 0) is 42.2 Å². The predicted octanol–water partition coefficient (Wildman–Crippen LogP) is 5.53. The van der Waals surface area contributed by atoms with E-state index in [1.165, 1.54) is 17.8 Å². The molecule has 0 saturated carbocycles. The van der Waals surface area contributed by atoms with E-state index in [4.69, 9.17) is 23.2 Å². The van der Waals surface area contributed by atoms with Crippen LogP contribution in [0.1, 0.15) is 48.6 Å². The fourth-order valence-corrected chi connectivity index (χ4v) is 4.27. The number of aromatic nitrogens is 3. The van der Waals surface area contributed by atoms with Crippen molar-refractivity contribution in [2.24, 2.45) is 5.92 Å². The quantitative estimate of drug-likeness (QED) is 0.332. The lowest BCUT2D eigenvalue weighted by molar-refractivity contribution is -0.113. The minimum Gasteiger partial charge on any atom is -0.342 e. The summed E-state index contributed by atoms with van der Waals surface area (Å²) in [5, 5.41) is 14.1. The Labute approximate surface area is 207 Å². The van der Waals surface area contributed by atoms with E-state index in [0.717, 1.165) is 17.7 Å². The number of nitrogens with zero attached hydrogens (tertiary/aromatic N) is 2. The molecule has 0 radical (unpaired) electrons. The van der Waals surface area contributed by atoms with Crippen molar-refractivity contribution >= 4 is 52.5 Å². The zero-order valence-corrected chi connectivity index (χ0v) is 20.8. The summed E-state index contributed by atoms with van der Waals surface area (Å²) in [7, 11) is 0. The lowest BCUT2D eigenvalue weighted by atomic mass is 10.0. The molecule has 0 spiro atoms. The second kappa shape index (κ2) is 11.5. The van der Waals surface area contributed by atoms with E-state index >= 15 is 0 Å². The maximum atomic E-state index is 12.8. The number of H-pyrrole nitrogens is 1. The summed E-state index contributed by atoms with van der Waals surface area (Å²) in [6, 6.07) is 12.0. The van der Waals surface area contributed by atoms with Crippen molar-refractivity contribution in [1.82, 2.24) is 20.5 Å². The zero-order chi connectivity index (χ0) is 24.0. The molecule has 1 atom stereocenters. The summed E-state index contributed by atoms with van der Waals surface area (Å²) in [6.07, 6.45) is 0.831. The summed E-state index contributed by atoms with van der Waals surface area (Å²) in [5.41, 5.74) is 2.21. The number of carbonyl (C=O) groups is 2. The molecular weight excluding hydrogens is 481 g/mol. The van der Waals surface area contributed by atoms with Crippen LogP contribution in [-0.4, -0.2) is 32.7 Å². The molecule has 3 N–H and O–H groups in total. The van der Waals surface area contributed by atoms with Crippen molar-refractivity contribution in [2.75, 3.05) is 11.1 Å². The monoisotopic (exact) mass is 505 g/mol. The largest absolute Gasteiger partial charge is 0.342 e. The van der Waals surface area contributed by atoms with E-state index in [1.807, 2.05) is 45.0 Å². The third-order valence-corrected chi connectivity index (χ3v) is 6.31. The third kappa shape index (κ3) is 6.72. The minimum absolute atomic E-state index is 0.0275. The molecule has 0 aliphatic heterocycles. The van der Waals surface area contributed by atoms with Crippen LogP contribution in [0.5, 0.6) is 0 Å². The maximum absolute atomic E-state index is 12.8. The number of rotatable bonds is 9. The van der Waals surface area contributed by atoms with Gasteiger partial charge < -0.3 is 10.6 Å². The molecule has 2 aromatic carbocycles. The number of benzene rings is 2. The van der Waals surface area contributed by atoms with Crippen LogP contribution in [0, 0.1) is 5.92 Å².